The van der Waals surface area contributed by atoms with Crippen molar-refractivity contribution >= 4 is 23.6 Å². The number of aliphatic hydroxyl groups excluding tert-OH is 1. The van der Waals surface area contributed by atoms with Gasteiger partial charge in [0.1, 0.15) is 6.10 Å². The van der Waals surface area contributed by atoms with Crippen molar-refractivity contribution in [2.45, 2.75) is 137 Å². The topological polar surface area (TPSA) is 178 Å². The smallest absolute Gasteiger partial charge is 0.251 e. The van der Waals surface area contributed by atoms with Gasteiger partial charge in [-0.2, -0.15) is 0 Å². The molecule has 2 saturated heterocycles. The Morgan fingerprint density at radius 3 is 1.47 bits per heavy atom. The van der Waals surface area contributed by atoms with Crippen LogP contribution in [0.2, 0.25) is 0 Å². The second-order valence-electron chi connectivity index (χ2n) is 17.6. The Kier molecular flexibility index (Phi) is 26.5. The second-order valence-corrected chi connectivity index (χ2v) is 17.6. The van der Waals surface area contributed by atoms with Crippen LogP contribution in [0.4, 0.5) is 0 Å². The Balaban J connectivity index is 0.000000519. The molecule has 4 amide bonds. The first-order valence-corrected chi connectivity index (χ1v) is 23.0. The van der Waals surface area contributed by atoms with E-state index in [2.05, 4.69) is 52.0 Å². The first-order valence-electron chi connectivity index (χ1n) is 23.0. The molecule has 2 fully saturated rings. The maximum Gasteiger partial charge on any atom is 0.251 e. The molecular formula is C55H75N5O6Y2-4. The van der Waals surface area contributed by atoms with Crippen LogP contribution in [0.1, 0.15) is 118 Å². The molecule has 68 heavy (non-hydrogen) atoms. The zero-order valence-corrected chi connectivity index (χ0v) is 46.6. The second kappa shape index (κ2) is 28.6. The normalized spacial score (nSPS) is 25.2. The summed E-state index contributed by atoms with van der Waals surface area (Å²) in [5, 5.41) is 8.99. The van der Waals surface area contributed by atoms with Gasteiger partial charge in [-0.05, 0) is 96.9 Å². The minimum atomic E-state index is -0.872. The SMILES string of the molecule is C.CC.CC.C[C@@H]1[C@H](c2ccccc2)C[C@H](N)C(=O)N1C.[CH2-]C1(C([NH-])=O)Cc2ccc(CO)cc2C1.[CH2-]C1(C([NH-])=O)Cc2ccc(CO[C@H]3C[C@@H](c4ccccc4)[C@@H](C)N(C)C3=O)cc2C1.[Y].[Y]. The number of nitrogens with zero attached hydrogens (tertiary/aromatic N) is 2. The Morgan fingerprint density at radius 2 is 1.04 bits per heavy atom. The molecule has 5 N–H and O–H groups in total. The maximum atomic E-state index is 12.8. The Bertz CT molecular complexity index is 2230. The van der Waals surface area contributed by atoms with E-state index in [0.717, 1.165) is 39.8 Å². The fourth-order valence-corrected chi connectivity index (χ4v) is 9.22. The van der Waals surface area contributed by atoms with Crippen LogP contribution in [-0.2, 0) is 128 Å². The summed E-state index contributed by atoms with van der Waals surface area (Å²) >= 11 is 0. The van der Waals surface area contributed by atoms with E-state index >= 15 is 0 Å². The predicted molar refractivity (Wildman–Crippen MR) is 266 cm³/mol. The van der Waals surface area contributed by atoms with Crippen molar-refractivity contribution in [3.05, 3.63) is 167 Å². The maximum absolute atomic E-state index is 12.8. The minimum absolute atomic E-state index is 0. The summed E-state index contributed by atoms with van der Waals surface area (Å²) in [6.45, 7) is 20.3. The number of benzene rings is 4. The monoisotopic (exact) mass is 1080 g/mol. The molecule has 0 saturated carbocycles. The van der Waals surface area contributed by atoms with Gasteiger partial charge in [0.25, 0.3) is 5.91 Å². The van der Waals surface area contributed by atoms with Crippen molar-refractivity contribution in [1.29, 1.82) is 0 Å². The van der Waals surface area contributed by atoms with Crippen LogP contribution in [0.15, 0.2) is 97.1 Å². The summed E-state index contributed by atoms with van der Waals surface area (Å²) in [6.07, 6.45) is 2.97. The number of nitrogens with one attached hydrogen (secondary N) is 2. The third-order valence-corrected chi connectivity index (χ3v) is 13.4. The van der Waals surface area contributed by atoms with Gasteiger partial charge in [-0.3, -0.25) is 9.59 Å². The van der Waals surface area contributed by atoms with Gasteiger partial charge in [0, 0.05) is 115 Å². The molecule has 8 rings (SSSR count). The summed E-state index contributed by atoms with van der Waals surface area (Å²) in [7, 11) is 3.68. The molecule has 0 spiro atoms. The van der Waals surface area contributed by atoms with E-state index in [-0.39, 0.29) is 115 Å². The fourth-order valence-electron chi connectivity index (χ4n) is 9.22. The zero-order valence-electron chi connectivity index (χ0n) is 40.9. The largest absolute Gasteiger partial charge is 0.670 e. The number of piperidine rings is 2. The number of hydrogen-bond acceptors (Lipinski definition) is 7. The number of likely N-dealkylation sites (tertiary alicyclic amines) is 2. The fraction of sp³-hybridized carbons (Fsp3) is 0.455. The quantitative estimate of drug-likeness (QED) is 0.165. The molecule has 4 aromatic rings. The van der Waals surface area contributed by atoms with Crippen molar-refractivity contribution in [2.24, 2.45) is 16.6 Å². The Hall–Kier alpha value is -3.15. The molecule has 8 atom stereocenters. The van der Waals surface area contributed by atoms with Crippen LogP contribution in [0.3, 0.4) is 0 Å². The average Bonchev–Trinajstić information content (AvgIpc) is 3.87. The molecule has 0 bridgehead atoms. The van der Waals surface area contributed by atoms with Crippen molar-refractivity contribution in [1.82, 2.24) is 9.80 Å². The molecule has 2 aliphatic carbocycles. The van der Waals surface area contributed by atoms with E-state index in [1.54, 1.807) is 9.80 Å². The van der Waals surface area contributed by atoms with Crippen LogP contribution in [-0.4, -0.2) is 76.9 Å². The van der Waals surface area contributed by atoms with Gasteiger partial charge >= 0.3 is 0 Å². The van der Waals surface area contributed by atoms with Crippen LogP contribution in [0.5, 0.6) is 0 Å². The first kappa shape index (κ1) is 62.9. The molecule has 11 nitrogen and oxygen atoms in total. The number of carbonyl (C=O) groups excluding carboxylic acids is 4. The van der Waals surface area contributed by atoms with Crippen molar-refractivity contribution in [2.75, 3.05) is 14.1 Å². The van der Waals surface area contributed by atoms with Crippen LogP contribution in [0, 0.1) is 24.7 Å². The molecule has 4 aromatic carbocycles. The molecule has 13 heteroatoms. The van der Waals surface area contributed by atoms with Crippen molar-refractivity contribution in [3.63, 3.8) is 0 Å². The summed E-state index contributed by atoms with van der Waals surface area (Å²) < 4.78 is 6.10. The van der Waals surface area contributed by atoms with Crippen molar-refractivity contribution in [3.8, 4) is 0 Å². The van der Waals surface area contributed by atoms with Gasteiger partial charge in [-0.15, -0.1) is 10.8 Å². The van der Waals surface area contributed by atoms with Gasteiger partial charge in [-0.25, -0.2) is 0 Å². The zero-order chi connectivity index (χ0) is 48.2. The predicted octanol–water partition coefficient (Wildman–Crippen LogP) is 9.81. The first-order chi connectivity index (χ1) is 30.9. The summed E-state index contributed by atoms with van der Waals surface area (Å²) in [5.74, 6) is -0.572. The average molecular weight is 1080 g/mol. The number of hydrogen-bond donors (Lipinski definition) is 2. The van der Waals surface area contributed by atoms with Gasteiger partial charge in [0.2, 0.25) is 5.91 Å². The molecular weight excluding hydrogens is 1000 g/mol. The molecule has 4 aliphatic rings. The minimum Gasteiger partial charge on any atom is -0.670 e. The van der Waals surface area contributed by atoms with E-state index in [1.165, 1.54) is 11.1 Å². The van der Waals surface area contributed by atoms with Gasteiger partial charge in [-0.1, -0.05) is 132 Å². The van der Waals surface area contributed by atoms with E-state index in [1.807, 2.05) is 115 Å². The van der Waals surface area contributed by atoms with Crippen LogP contribution >= 0.6 is 0 Å². The van der Waals surface area contributed by atoms with Crippen molar-refractivity contribution < 1.29 is 94.4 Å². The number of ether oxygens (including phenoxy) is 1. The number of nitrogens with two attached hydrogens (primary N) is 1. The van der Waals surface area contributed by atoms with Crippen LogP contribution < -0.4 is 5.73 Å². The van der Waals surface area contributed by atoms with Gasteiger partial charge < -0.3 is 60.3 Å². The molecule has 366 valence electrons. The number of aliphatic hydroxyl groups is 1. The third-order valence-electron chi connectivity index (χ3n) is 13.4. The molecule has 2 unspecified atom stereocenters. The number of fused-ring (bicyclic) bond motifs is 2. The number of likely N-dealkylation sites (N-methyl/N-ethyl adjacent to an activating group) is 2. The van der Waals surface area contributed by atoms with E-state index in [9.17, 15) is 19.2 Å². The molecule has 2 aliphatic heterocycles. The summed E-state index contributed by atoms with van der Waals surface area (Å²) in [5.41, 5.74) is 27.4. The van der Waals surface area contributed by atoms with E-state index in [0.29, 0.717) is 44.6 Å². The summed E-state index contributed by atoms with van der Waals surface area (Å²) in [6, 6.07) is 32.2. The summed E-state index contributed by atoms with van der Waals surface area (Å²) in [4.78, 5) is 50.9. The van der Waals surface area contributed by atoms with Crippen LogP contribution in [0.25, 0.3) is 11.5 Å². The molecule has 2 heterocycles. The number of rotatable bonds is 8. The molecule has 0 aromatic heterocycles. The molecule has 2 radical (unpaired) electrons. The van der Waals surface area contributed by atoms with Gasteiger partial charge in [0.15, 0.2) is 0 Å². The standard InChI is InChI=1S/C25H29N2O3.C13H18N2O.C12H14NO2.2C2H6.CH4.2Y/c1-16-21(18-7-5-4-6-8-18)12-22(23(28)27(16)3)30-15-17-9-10-19-13-25(2,24(26)29)14-20(19)11-17;1-9-11(10-6-4-3-5-7-10)8-12(14)13(16)15(9)2;1-12(11(13)15)5-9-3-2-8(7-14)4-10(9)6-12;2*1-2;;;/h4-11,16,21-22H,2,12-15H2,1,3H3,(H2,26,29);3-7,9,11-12H,8,14H2,1-2H3;2-4,14H,1,5-7H2,(H2,13,15);2*1-2H3;1H4;;/q-1;;-1;;;;;/p-2/t16-,21-,22+,25?;9-,11-,12+;;;;;;/m11....../s1. The van der Waals surface area contributed by atoms with E-state index < -0.39 is 28.7 Å². The van der Waals surface area contributed by atoms with Gasteiger partial charge in [0.05, 0.1) is 19.3 Å². The third kappa shape index (κ3) is 15.2. The Labute approximate surface area is 458 Å². The Morgan fingerprint density at radius 1 is 0.662 bits per heavy atom. The number of carbonyl (C=O) groups is 4. The number of amides is 4. The van der Waals surface area contributed by atoms with E-state index in [4.69, 9.17) is 27.0 Å².